The van der Waals surface area contributed by atoms with Crippen molar-refractivity contribution in [2.45, 2.75) is 6.54 Å². The number of aromatic nitrogens is 3. The third kappa shape index (κ3) is 4.45. The molecule has 4 aromatic rings. The second-order valence-electron chi connectivity index (χ2n) is 8.27. The quantitative estimate of drug-likeness (QED) is 0.418. The van der Waals surface area contributed by atoms with Crippen LogP contribution in [-0.4, -0.2) is 72.4 Å². The Kier molecular flexibility index (Phi) is 6.39. The van der Waals surface area contributed by atoms with E-state index in [1.807, 2.05) is 28.8 Å². The van der Waals surface area contributed by atoms with Crippen molar-refractivity contribution < 1.29 is 19.0 Å². The van der Waals surface area contributed by atoms with Crippen LogP contribution in [0.3, 0.4) is 0 Å². The summed E-state index contributed by atoms with van der Waals surface area (Å²) in [4.78, 5) is 25.4. The molecule has 0 radical (unpaired) electrons. The highest BCUT2D eigenvalue weighted by molar-refractivity contribution is 6.16. The Morgan fingerprint density at radius 2 is 1.74 bits per heavy atom. The smallest absolute Gasteiger partial charge is 0.261 e. The molecule has 1 fully saturated rings. The first-order valence-electron chi connectivity index (χ1n) is 11.5. The maximum absolute atomic E-state index is 13.5. The van der Waals surface area contributed by atoms with Crippen LogP contribution in [0.5, 0.6) is 11.5 Å². The zero-order chi connectivity index (χ0) is 24.4. The van der Waals surface area contributed by atoms with Gasteiger partial charge in [-0.1, -0.05) is 12.1 Å². The Balaban J connectivity index is 1.53. The Hall–Kier alpha value is -3.89. The normalized spacial score (nSPS) is 14.3. The average molecular weight is 477 g/mol. The number of rotatable bonds is 7. The molecule has 0 atom stereocenters. The standard InChI is InChI=1S/C25H28N6O4/c1-33-19-8-7-16(15-20(19)34-2)27-25(32)21-22-24(29-18-6-4-3-5-17(18)28-22)31(23(21)26)10-9-30-11-13-35-14-12-30/h3-8,15H,9-14,26H2,1-2H3,(H,27,32). The number of para-hydroxylation sites is 2. The molecule has 10 nitrogen and oxygen atoms in total. The average Bonchev–Trinajstić information content (AvgIpc) is 3.16. The Labute approximate surface area is 202 Å². The summed E-state index contributed by atoms with van der Waals surface area (Å²) in [6, 6.07) is 12.8. The van der Waals surface area contributed by atoms with Gasteiger partial charge in [0.05, 0.1) is 38.5 Å². The number of nitrogens with one attached hydrogen (secondary N) is 1. The van der Waals surface area contributed by atoms with Crippen LogP contribution in [-0.2, 0) is 11.3 Å². The molecule has 1 aliphatic heterocycles. The number of amides is 1. The maximum Gasteiger partial charge on any atom is 0.261 e. The van der Waals surface area contributed by atoms with Gasteiger partial charge in [0.2, 0.25) is 0 Å². The SMILES string of the molecule is COc1ccc(NC(=O)c2c(N)n(CCN3CCOCC3)c3nc4ccccc4nc23)cc1OC. The lowest BCUT2D eigenvalue weighted by atomic mass is 10.2. The monoisotopic (exact) mass is 476 g/mol. The number of morpholine rings is 1. The van der Waals surface area contributed by atoms with Crippen LogP contribution >= 0.6 is 0 Å². The third-order valence-electron chi connectivity index (χ3n) is 6.20. The molecule has 3 N–H and O–H groups in total. The summed E-state index contributed by atoms with van der Waals surface area (Å²) in [6.07, 6.45) is 0. The first kappa shape index (κ1) is 22.9. The van der Waals surface area contributed by atoms with E-state index in [0.29, 0.717) is 65.0 Å². The molecule has 2 aromatic carbocycles. The van der Waals surface area contributed by atoms with Gasteiger partial charge in [0, 0.05) is 37.9 Å². The largest absolute Gasteiger partial charge is 0.493 e. The van der Waals surface area contributed by atoms with Crippen molar-refractivity contribution in [1.29, 1.82) is 0 Å². The Morgan fingerprint density at radius 3 is 2.46 bits per heavy atom. The van der Waals surface area contributed by atoms with Crippen molar-refractivity contribution in [3.63, 3.8) is 0 Å². The molecule has 0 unspecified atom stereocenters. The van der Waals surface area contributed by atoms with E-state index >= 15 is 0 Å². The van der Waals surface area contributed by atoms with Gasteiger partial charge in [0.25, 0.3) is 5.91 Å². The summed E-state index contributed by atoms with van der Waals surface area (Å²) < 4.78 is 18.0. The maximum atomic E-state index is 13.5. The fourth-order valence-corrected chi connectivity index (χ4v) is 4.34. The minimum atomic E-state index is -0.366. The Morgan fingerprint density at radius 1 is 1.03 bits per heavy atom. The number of carbonyl (C=O) groups is 1. The Bertz CT molecular complexity index is 1380. The van der Waals surface area contributed by atoms with E-state index in [4.69, 9.17) is 29.9 Å². The van der Waals surface area contributed by atoms with Gasteiger partial charge in [-0.2, -0.15) is 0 Å². The van der Waals surface area contributed by atoms with Gasteiger partial charge in [0.1, 0.15) is 16.9 Å². The molecule has 10 heteroatoms. The summed E-state index contributed by atoms with van der Waals surface area (Å²) in [7, 11) is 3.11. The predicted molar refractivity (Wildman–Crippen MR) is 134 cm³/mol. The second-order valence-corrected chi connectivity index (χ2v) is 8.27. The summed E-state index contributed by atoms with van der Waals surface area (Å²) >= 11 is 0. The number of nitrogens with two attached hydrogens (primary N) is 1. The zero-order valence-corrected chi connectivity index (χ0v) is 19.8. The van der Waals surface area contributed by atoms with Crippen LogP contribution in [0.1, 0.15) is 10.4 Å². The molecule has 1 saturated heterocycles. The molecule has 0 aliphatic carbocycles. The minimum Gasteiger partial charge on any atom is -0.493 e. The topological polar surface area (TPSA) is 117 Å². The lowest BCUT2D eigenvalue weighted by Gasteiger charge is -2.26. The van der Waals surface area contributed by atoms with Crippen molar-refractivity contribution in [3.05, 3.63) is 48.0 Å². The number of carbonyl (C=O) groups excluding carboxylic acids is 1. The molecule has 5 rings (SSSR count). The van der Waals surface area contributed by atoms with E-state index in [-0.39, 0.29) is 5.91 Å². The molecule has 182 valence electrons. The van der Waals surface area contributed by atoms with E-state index in [9.17, 15) is 4.79 Å². The molecule has 0 bridgehead atoms. The van der Waals surface area contributed by atoms with E-state index in [1.165, 1.54) is 0 Å². The van der Waals surface area contributed by atoms with Crippen molar-refractivity contribution in [2.75, 3.05) is 58.1 Å². The van der Waals surface area contributed by atoms with E-state index in [1.54, 1.807) is 32.4 Å². The number of ether oxygens (including phenoxy) is 3. The molecule has 2 aromatic heterocycles. The van der Waals surface area contributed by atoms with Crippen LogP contribution in [0.4, 0.5) is 11.5 Å². The van der Waals surface area contributed by atoms with Gasteiger partial charge >= 0.3 is 0 Å². The summed E-state index contributed by atoms with van der Waals surface area (Å²) in [5, 5.41) is 2.92. The summed E-state index contributed by atoms with van der Waals surface area (Å²) in [6.45, 7) is 4.50. The van der Waals surface area contributed by atoms with Crippen molar-refractivity contribution >= 4 is 39.6 Å². The van der Waals surface area contributed by atoms with Crippen molar-refractivity contribution in [3.8, 4) is 11.5 Å². The molecule has 0 spiro atoms. The summed E-state index contributed by atoms with van der Waals surface area (Å²) in [5.41, 5.74) is 9.95. The molecular weight excluding hydrogens is 448 g/mol. The van der Waals surface area contributed by atoms with Crippen molar-refractivity contribution in [2.24, 2.45) is 0 Å². The first-order valence-corrected chi connectivity index (χ1v) is 11.5. The number of methoxy groups -OCH3 is 2. The lowest BCUT2D eigenvalue weighted by molar-refractivity contribution is 0.0366. The highest BCUT2D eigenvalue weighted by atomic mass is 16.5. The second kappa shape index (κ2) is 9.77. The molecule has 35 heavy (non-hydrogen) atoms. The fourth-order valence-electron chi connectivity index (χ4n) is 4.34. The van der Waals surface area contributed by atoms with Crippen LogP contribution < -0.4 is 20.5 Å². The van der Waals surface area contributed by atoms with Gasteiger partial charge in [-0.25, -0.2) is 9.97 Å². The summed E-state index contributed by atoms with van der Waals surface area (Å²) in [5.74, 6) is 1.05. The number of benzene rings is 2. The van der Waals surface area contributed by atoms with Crippen LogP contribution in [0.25, 0.3) is 22.2 Å². The van der Waals surface area contributed by atoms with Crippen LogP contribution in [0, 0.1) is 0 Å². The van der Waals surface area contributed by atoms with Gasteiger partial charge in [-0.3, -0.25) is 9.69 Å². The molecule has 0 saturated carbocycles. The highest BCUT2D eigenvalue weighted by Crippen LogP contribution is 2.32. The fraction of sp³-hybridized carbons (Fsp3) is 0.320. The molecule has 3 heterocycles. The van der Waals surface area contributed by atoms with E-state index in [0.717, 1.165) is 25.2 Å². The predicted octanol–water partition coefficient (Wildman–Crippen LogP) is 2.77. The van der Waals surface area contributed by atoms with Crippen LogP contribution in [0.2, 0.25) is 0 Å². The minimum absolute atomic E-state index is 0.301. The molecule has 1 aliphatic rings. The molecular formula is C25H28N6O4. The van der Waals surface area contributed by atoms with Gasteiger partial charge in [-0.05, 0) is 24.3 Å². The van der Waals surface area contributed by atoms with Crippen LogP contribution in [0.15, 0.2) is 42.5 Å². The third-order valence-corrected chi connectivity index (χ3v) is 6.20. The number of anilines is 2. The number of fused-ring (bicyclic) bond motifs is 2. The zero-order valence-electron chi connectivity index (χ0n) is 19.8. The highest BCUT2D eigenvalue weighted by Gasteiger charge is 2.25. The van der Waals surface area contributed by atoms with Gasteiger partial charge < -0.3 is 29.8 Å². The van der Waals surface area contributed by atoms with E-state index < -0.39 is 0 Å². The van der Waals surface area contributed by atoms with Crippen molar-refractivity contribution in [1.82, 2.24) is 19.4 Å². The van der Waals surface area contributed by atoms with Gasteiger partial charge in [-0.15, -0.1) is 0 Å². The lowest BCUT2D eigenvalue weighted by Crippen LogP contribution is -2.38. The number of nitrogens with zero attached hydrogens (tertiary/aromatic N) is 4. The number of nitrogen functional groups attached to an aromatic ring is 1. The first-order chi connectivity index (χ1) is 17.1. The van der Waals surface area contributed by atoms with E-state index in [2.05, 4.69) is 10.2 Å². The van der Waals surface area contributed by atoms with Gasteiger partial charge in [0.15, 0.2) is 17.1 Å². The molecule has 1 amide bonds. The number of hydrogen-bond donors (Lipinski definition) is 2. The number of hydrogen-bond acceptors (Lipinski definition) is 8.